The van der Waals surface area contributed by atoms with Gasteiger partial charge in [-0.2, -0.15) is 0 Å². The van der Waals surface area contributed by atoms with Crippen molar-refractivity contribution in [2.24, 2.45) is 14.1 Å². The first kappa shape index (κ1) is 24.9. The third-order valence-electron chi connectivity index (χ3n) is 4.48. The molecule has 0 aromatic carbocycles. The summed E-state index contributed by atoms with van der Waals surface area (Å²) in [7, 11) is 4.16. The van der Waals surface area contributed by atoms with Crippen molar-refractivity contribution >= 4 is 0 Å². The molecule has 2 rings (SSSR count). The molecule has 0 aliphatic carbocycles. The van der Waals surface area contributed by atoms with E-state index in [0.29, 0.717) is 0 Å². The predicted molar refractivity (Wildman–Crippen MR) is 92.8 cm³/mol. The van der Waals surface area contributed by atoms with Crippen LogP contribution in [0.4, 0.5) is 0 Å². The molecule has 0 atom stereocenters. The van der Waals surface area contributed by atoms with E-state index in [1.165, 1.54) is 57.8 Å². The number of aryl methyl sites for hydroxylation is 4. The predicted octanol–water partition coefficient (Wildman–Crippen LogP) is -2.84. The number of hydrogen-bond donors (Lipinski definition) is 0. The number of aromatic nitrogens is 4. The zero-order valence-electron chi connectivity index (χ0n) is 15.8. The fourth-order valence-electron chi connectivity index (χ4n) is 3.09. The van der Waals surface area contributed by atoms with Crippen molar-refractivity contribution in [3.8, 4) is 0 Å². The highest BCUT2D eigenvalue weighted by Crippen LogP contribution is 2.10. The quantitative estimate of drug-likeness (QED) is 0.148. The molecule has 2 heterocycles. The third kappa shape index (κ3) is 11.2. The summed E-state index contributed by atoms with van der Waals surface area (Å²) >= 11 is 0. The maximum Gasteiger partial charge on any atom is 0.243 e. The van der Waals surface area contributed by atoms with Crippen LogP contribution in [0.3, 0.4) is 0 Å². The maximum atomic E-state index is 2.28. The molecule has 0 bridgehead atoms. The summed E-state index contributed by atoms with van der Waals surface area (Å²) in [5.41, 5.74) is 0. The molecular formula is C19H34I2N4. The molecule has 0 saturated carbocycles. The lowest BCUT2D eigenvalue weighted by Gasteiger charge is -2.02. The van der Waals surface area contributed by atoms with Gasteiger partial charge in [0, 0.05) is 0 Å². The van der Waals surface area contributed by atoms with E-state index in [1.807, 2.05) is 0 Å². The van der Waals surface area contributed by atoms with Crippen molar-refractivity contribution in [1.29, 1.82) is 0 Å². The Balaban J connectivity index is 0.00000288. The van der Waals surface area contributed by atoms with Gasteiger partial charge in [0.05, 0.1) is 27.2 Å². The van der Waals surface area contributed by atoms with Crippen LogP contribution in [0.25, 0.3) is 0 Å². The first-order chi connectivity index (χ1) is 11.2. The van der Waals surface area contributed by atoms with Crippen LogP contribution in [0.15, 0.2) is 37.4 Å². The number of rotatable bonds is 12. The number of unbranched alkanes of at least 4 members (excludes halogenated alkanes) is 8. The van der Waals surface area contributed by atoms with Gasteiger partial charge in [-0.1, -0.05) is 32.1 Å². The van der Waals surface area contributed by atoms with E-state index >= 15 is 0 Å². The largest absolute Gasteiger partial charge is 1.00 e. The van der Waals surface area contributed by atoms with Crippen molar-refractivity contribution in [2.45, 2.75) is 70.9 Å². The van der Waals surface area contributed by atoms with Crippen LogP contribution in [0.5, 0.6) is 0 Å². The molecule has 25 heavy (non-hydrogen) atoms. The average molecular weight is 572 g/mol. The smallest absolute Gasteiger partial charge is 0.243 e. The summed E-state index contributed by atoms with van der Waals surface area (Å²) in [4.78, 5) is 0. The van der Waals surface area contributed by atoms with E-state index in [-0.39, 0.29) is 48.0 Å². The Morgan fingerprint density at radius 1 is 0.560 bits per heavy atom. The summed E-state index contributed by atoms with van der Waals surface area (Å²) < 4.78 is 8.78. The number of imidazole rings is 2. The highest BCUT2D eigenvalue weighted by molar-refractivity contribution is 4.66. The van der Waals surface area contributed by atoms with Crippen LogP contribution < -0.4 is 57.1 Å². The van der Waals surface area contributed by atoms with Gasteiger partial charge >= 0.3 is 0 Å². The summed E-state index contributed by atoms with van der Waals surface area (Å²) in [6.07, 6.45) is 25.2. The molecule has 0 fully saturated rings. The second-order valence-electron chi connectivity index (χ2n) is 6.82. The minimum Gasteiger partial charge on any atom is -1.00 e. The second-order valence-corrected chi connectivity index (χ2v) is 6.82. The number of halogens is 2. The highest BCUT2D eigenvalue weighted by Gasteiger charge is 2.00. The van der Waals surface area contributed by atoms with E-state index < -0.39 is 0 Å². The third-order valence-corrected chi connectivity index (χ3v) is 4.48. The van der Waals surface area contributed by atoms with Gasteiger partial charge in [-0.3, -0.25) is 0 Å². The Bertz CT molecular complexity index is 503. The fraction of sp³-hybridized carbons (Fsp3) is 0.684. The zero-order valence-corrected chi connectivity index (χ0v) is 20.1. The first-order valence-corrected chi connectivity index (χ1v) is 9.26. The Morgan fingerprint density at radius 2 is 0.880 bits per heavy atom. The molecule has 6 heteroatoms. The molecule has 0 saturated heterocycles. The van der Waals surface area contributed by atoms with Crippen molar-refractivity contribution < 1.29 is 57.1 Å². The second kappa shape index (κ2) is 15.0. The molecule has 0 radical (unpaired) electrons. The monoisotopic (exact) mass is 572 g/mol. The molecule has 0 N–H and O–H groups in total. The van der Waals surface area contributed by atoms with E-state index in [2.05, 4.69) is 69.8 Å². The van der Waals surface area contributed by atoms with Gasteiger partial charge in [0.15, 0.2) is 0 Å². The Hall–Kier alpha value is -0.120. The zero-order chi connectivity index (χ0) is 16.3. The van der Waals surface area contributed by atoms with E-state index in [9.17, 15) is 0 Å². The maximum absolute atomic E-state index is 2.28. The summed E-state index contributed by atoms with van der Waals surface area (Å²) in [6, 6.07) is 0. The van der Waals surface area contributed by atoms with Gasteiger partial charge in [0.2, 0.25) is 12.7 Å². The Kier molecular flexibility index (Phi) is 14.9. The van der Waals surface area contributed by atoms with Crippen molar-refractivity contribution in [2.75, 3.05) is 0 Å². The topological polar surface area (TPSA) is 17.6 Å². The number of nitrogens with zero attached hydrogens (tertiary/aromatic N) is 4. The number of hydrogen-bond acceptors (Lipinski definition) is 0. The van der Waals surface area contributed by atoms with Crippen LogP contribution in [0, 0.1) is 0 Å². The molecule has 0 aliphatic rings. The van der Waals surface area contributed by atoms with Crippen molar-refractivity contribution in [1.82, 2.24) is 9.13 Å². The Labute approximate surface area is 187 Å². The van der Waals surface area contributed by atoms with Crippen LogP contribution in [0.1, 0.15) is 57.8 Å². The van der Waals surface area contributed by atoms with Crippen LogP contribution in [-0.2, 0) is 27.2 Å². The minimum atomic E-state index is 0. The molecule has 0 spiro atoms. The standard InChI is InChI=1S/C19H34N4.2HI/c1-20-14-16-22(18-20)12-10-8-6-4-3-5-7-9-11-13-23-17-15-21(2)19-23;;/h14-19H,3-13H2,1-2H3;2*1H/q+2;;/p-2. The van der Waals surface area contributed by atoms with Crippen LogP contribution >= 0.6 is 0 Å². The lowest BCUT2D eigenvalue weighted by Crippen LogP contribution is -3.00. The van der Waals surface area contributed by atoms with Crippen LogP contribution in [0.2, 0.25) is 0 Å². The Morgan fingerprint density at radius 3 is 1.16 bits per heavy atom. The van der Waals surface area contributed by atoms with Gasteiger partial charge in [-0.15, -0.1) is 0 Å². The normalized spacial score (nSPS) is 10.3. The van der Waals surface area contributed by atoms with Gasteiger partial charge in [-0.05, 0) is 25.7 Å². The highest BCUT2D eigenvalue weighted by atomic mass is 127. The van der Waals surface area contributed by atoms with Gasteiger partial charge in [0.25, 0.3) is 0 Å². The molecule has 0 unspecified atom stereocenters. The molecule has 144 valence electrons. The average Bonchev–Trinajstić information content (AvgIpc) is 3.13. The lowest BCUT2D eigenvalue weighted by molar-refractivity contribution is -0.671. The van der Waals surface area contributed by atoms with Gasteiger partial charge in [-0.25, -0.2) is 18.3 Å². The fourth-order valence-corrected chi connectivity index (χ4v) is 3.09. The van der Waals surface area contributed by atoms with Crippen LogP contribution in [-0.4, -0.2) is 9.13 Å². The molecule has 2 aromatic heterocycles. The SMILES string of the molecule is C[n+]1ccn(CCCCCCCCCCCn2cc[n+](C)c2)c1.[I-].[I-]. The first-order valence-electron chi connectivity index (χ1n) is 9.26. The summed E-state index contributed by atoms with van der Waals surface area (Å²) in [5.74, 6) is 0. The minimum absolute atomic E-state index is 0. The van der Waals surface area contributed by atoms with Gasteiger partial charge < -0.3 is 48.0 Å². The van der Waals surface area contributed by atoms with Crippen molar-refractivity contribution in [3.63, 3.8) is 0 Å². The summed E-state index contributed by atoms with van der Waals surface area (Å²) in [5, 5.41) is 0. The van der Waals surface area contributed by atoms with E-state index in [1.54, 1.807) is 0 Å². The molecule has 0 aliphatic heterocycles. The van der Waals surface area contributed by atoms with Crippen molar-refractivity contribution in [3.05, 3.63) is 37.4 Å². The summed E-state index contributed by atoms with van der Waals surface area (Å²) in [6.45, 7) is 2.33. The van der Waals surface area contributed by atoms with E-state index in [4.69, 9.17) is 0 Å². The molecule has 4 nitrogen and oxygen atoms in total. The van der Waals surface area contributed by atoms with E-state index in [0.717, 1.165) is 13.1 Å². The molecular weight excluding hydrogens is 538 g/mol. The van der Waals surface area contributed by atoms with Gasteiger partial charge in [0.1, 0.15) is 24.8 Å². The molecule has 0 amide bonds. The lowest BCUT2D eigenvalue weighted by atomic mass is 10.1. The molecule has 2 aromatic rings.